The summed E-state index contributed by atoms with van der Waals surface area (Å²) in [7, 11) is 0. The maximum absolute atomic E-state index is 6.37. The Morgan fingerprint density at radius 3 is 2.43 bits per heavy atom. The summed E-state index contributed by atoms with van der Waals surface area (Å²) in [6.45, 7) is 0. The number of halogens is 2. The van der Waals surface area contributed by atoms with Gasteiger partial charge in [-0.3, -0.25) is 0 Å². The highest BCUT2D eigenvalue weighted by atomic mass is 35.5. The number of hydrogen-bond acceptors (Lipinski definition) is 1. The van der Waals surface area contributed by atoms with E-state index in [4.69, 9.17) is 28.9 Å². The minimum Gasteiger partial charge on any atom is -0.324 e. The van der Waals surface area contributed by atoms with Gasteiger partial charge in [0.1, 0.15) is 0 Å². The third kappa shape index (κ3) is 3.42. The molecule has 1 aliphatic rings. The highest BCUT2D eigenvalue weighted by Crippen LogP contribution is 2.27. The van der Waals surface area contributed by atoms with E-state index in [2.05, 4.69) is 18.2 Å². The third-order valence-electron chi connectivity index (χ3n) is 4.24. The van der Waals surface area contributed by atoms with Crippen molar-refractivity contribution < 1.29 is 0 Å². The van der Waals surface area contributed by atoms with Crippen molar-refractivity contribution in [3.05, 3.63) is 68.7 Å². The Kier molecular flexibility index (Phi) is 4.54. The average Bonchev–Trinajstić information content (AvgIpc) is 2.50. The second-order valence-electron chi connectivity index (χ2n) is 5.79. The van der Waals surface area contributed by atoms with Gasteiger partial charge in [0, 0.05) is 6.04 Å². The topological polar surface area (TPSA) is 26.0 Å². The van der Waals surface area contributed by atoms with Crippen molar-refractivity contribution in [3.8, 4) is 0 Å². The summed E-state index contributed by atoms with van der Waals surface area (Å²) in [6.07, 6.45) is 5.76. The first-order valence-electron chi connectivity index (χ1n) is 7.44. The predicted octanol–water partition coefficient (Wildman–Crippen LogP) is 5.11. The molecule has 2 aromatic rings. The van der Waals surface area contributed by atoms with E-state index in [1.54, 1.807) is 0 Å². The number of nitrogens with two attached hydrogens (primary N) is 1. The molecule has 2 N–H and O–H groups in total. The van der Waals surface area contributed by atoms with Crippen LogP contribution in [0.5, 0.6) is 0 Å². The zero-order valence-corrected chi connectivity index (χ0v) is 13.4. The third-order valence-corrected chi connectivity index (χ3v) is 4.98. The van der Waals surface area contributed by atoms with Crippen LogP contribution in [0.4, 0.5) is 0 Å². The smallest absolute Gasteiger partial charge is 0.0595 e. The summed E-state index contributed by atoms with van der Waals surface area (Å²) in [4.78, 5) is 0. The van der Waals surface area contributed by atoms with Crippen molar-refractivity contribution in [1.29, 1.82) is 0 Å². The van der Waals surface area contributed by atoms with Crippen LogP contribution < -0.4 is 5.73 Å². The first-order valence-corrected chi connectivity index (χ1v) is 8.20. The lowest BCUT2D eigenvalue weighted by Gasteiger charge is -2.19. The van der Waals surface area contributed by atoms with Gasteiger partial charge in [0.15, 0.2) is 0 Å². The van der Waals surface area contributed by atoms with E-state index >= 15 is 0 Å². The number of hydrogen-bond donors (Lipinski definition) is 1. The van der Waals surface area contributed by atoms with E-state index in [-0.39, 0.29) is 6.04 Å². The maximum atomic E-state index is 6.37. The quantitative estimate of drug-likeness (QED) is 0.835. The highest BCUT2D eigenvalue weighted by Gasteiger charge is 2.13. The van der Waals surface area contributed by atoms with Gasteiger partial charge in [-0.05, 0) is 66.5 Å². The molecule has 0 amide bonds. The van der Waals surface area contributed by atoms with Gasteiger partial charge in [-0.2, -0.15) is 0 Å². The summed E-state index contributed by atoms with van der Waals surface area (Å²) >= 11 is 12.0. The van der Waals surface area contributed by atoms with Crippen LogP contribution in [0.25, 0.3) is 0 Å². The molecule has 0 aliphatic heterocycles. The molecule has 1 nitrogen and oxygen atoms in total. The van der Waals surface area contributed by atoms with Gasteiger partial charge in [0.2, 0.25) is 0 Å². The second kappa shape index (κ2) is 6.39. The summed E-state index contributed by atoms with van der Waals surface area (Å²) in [5.41, 5.74) is 11.7. The van der Waals surface area contributed by atoms with Gasteiger partial charge >= 0.3 is 0 Å². The van der Waals surface area contributed by atoms with Crippen molar-refractivity contribution in [2.75, 3.05) is 0 Å². The molecule has 3 heteroatoms. The zero-order chi connectivity index (χ0) is 14.8. The fraction of sp³-hybridized carbons (Fsp3) is 0.333. The van der Waals surface area contributed by atoms with Gasteiger partial charge in [0.25, 0.3) is 0 Å². The summed E-state index contributed by atoms with van der Waals surface area (Å²) in [6, 6.07) is 12.4. The van der Waals surface area contributed by atoms with Gasteiger partial charge in [-0.15, -0.1) is 0 Å². The zero-order valence-electron chi connectivity index (χ0n) is 11.9. The van der Waals surface area contributed by atoms with Crippen LogP contribution in [0, 0.1) is 0 Å². The normalized spacial score (nSPS) is 15.6. The molecule has 2 aromatic carbocycles. The van der Waals surface area contributed by atoms with E-state index in [9.17, 15) is 0 Å². The molecule has 0 spiro atoms. The van der Waals surface area contributed by atoms with Crippen LogP contribution in [0.1, 0.15) is 41.1 Å². The Hall–Kier alpha value is -1.02. The SMILES string of the molecule is NC(Cc1ccc(Cl)c(Cl)c1)c1ccc2c(c1)CCCC2. The number of rotatable bonds is 3. The Bertz CT molecular complexity index is 652. The first kappa shape index (κ1) is 14.9. The van der Waals surface area contributed by atoms with Gasteiger partial charge in [-0.25, -0.2) is 0 Å². The summed E-state index contributed by atoms with van der Waals surface area (Å²) in [5, 5.41) is 1.18. The molecular weight excluding hydrogens is 301 g/mol. The van der Waals surface area contributed by atoms with Crippen molar-refractivity contribution in [3.63, 3.8) is 0 Å². The fourth-order valence-electron chi connectivity index (χ4n) is 3.02. The van der Waals surface area contributed by atoms with Crippen molar-refractivity contribution in [1.82, 2.24) is 0 Å². The molecule has 21 heavy (non-hydrogen) atoms. The minimum absolute atomic E-state index is 0.00512. The molecule has 0 fully saturated rings. The Labute approximate surface area is 136 Å². The maximum Gasteiger partial charge on any atom is 0.0595 e. The van der Waals surface area contributed by atoms with Gasteiger partial charge in [-0.1, -0.05) is 47.5 Å². The molecule has 0 bridgehead atoms. The largest absolute Gasteiger partial charge is 0.324 e. The molecule has 0 radical (unpaired) electrons. The Balaban J connectivity index is 1.78. The van der Waals surface area contributed by atoms with Crippen molar-refractivity contribution in [2.24, 2.45) is 5.73 Å². The van der Waals surface area contributed by atoms with E-state index in [1.165, 1.54) is 42.4 Å². The van der Waals surface area contributed by atoms with Gasteiger partial charge in [0.05, 0.1) is 10.0 Å². The summed E-state index contributed by atoms with van der Waals surface area (Å²) in [5.74, 6) is 0. The van der Waals surface area contributed by atoms with E-state index in [1.807, 2.05) is 18.2 Å². The molecule has 1 unspecified atom stereocenters. The van der Waals surface area contributed by atoms with Gasteiger partial charge < -0.3 is 5.73 Å². The van der Waals surface area contributed by atoms with E-state index in [0.717, 1.165) is 12.0 Å². The minimum atomic E-state index is -0.00512. The molecule has 0 heterocycles. The number of aryl methyl sites for hydroxylation is 2. The highest BCUT2D eigenvalue weighted by molar-refractivity contribution is 6.42. The Morgan fingerprint density at radius 2 is 1.67 bits per heavy atom. The molecule has 3 rings (SSSR count). The average molecular weight is 320 g/mol. The molecule has 1 aliphatic carbocycles. The lowest BCUT2D eigenvalue weighted by molar-refractivity contribution is 0.675. The molecular formula is C18H19Cl2N. The number of benzene rings is 2. The molecule has 0 saturated carbocycles. The lowest BCUT2D eigenvalue weighted by atomic mass is 9.88. The lowest BCUT2D eigenvalue weighted by Crippen LogP contribution is -2.14. The van der Waals surface area contributed by atoms with Crippen LogP contribution in [0.15, 0.2) is 36.4 Å². The monoisotopic (exact) mass is 319 g/mol. The number of fused-ring (bicyclic) bond motifs is 1. The summed E-state index contributed by atoms with van der Waals surface area (Å²) < 4.78 is 0. The van der Waals surface area contributed by atoms with Crippen molar-refractivity contribution >= 4 is 23.2 Å². The first-order chi connectivity index (χ1) is 10.1. The second-order valence-corrected chi connectivity index (χ2v) is 6.61. The fourth-order valence-corrected chi connectivity index (χ4v) is 3.34. The van der Waals surface area contributed by atoms with Crippen LogP contribution >= 0.6 is 23.2 Å². The van der Waals surface area contributed by atoms with E-state index in [0.29, 0.717) is 10.0 Å². The van der Waals surface area contributed by atoms with Crippen LogP contribution in [0.2, 0.25) is 10.0 Å². The van der Waals surface area contributed by atoms with Crippen LogP contribution in [-0.2, 0) is 19.3 Å². The molecule has 0 saturated heterocycles. The standard InChI is InChI=1S/C18H19Cl2N/c19-16-8-5-12(9-17(16)20)10-18(21)15-7-6-13-3-1-2-4-14(13)11-15/h5-9,11,18H,1-4,10,21H2. The van der Waals surface area contributed by atoms with Crippen LogP contribution in [-0.4, -0.2) is 0 Å². The van der Waals surface area contributed by atoms with Crippen LogP contribution in [0.3, 0.4) is 0 Å². The predicted molar refractivity (Wildman–Crippen MR) is 90.2 cm³/mol. The molecule has 0 aromatic heterocycles. The molecule has 110 valence electrons. The van der Waals surface area contributed by atoms with E-state index < -0.39 is 0 Å². The molecule has 1 atom stereocenters. The van der Waals surface area contributed by atoms with Crippen molar-refractivity contribution in [2.45, 2.75) is 38.1 Å². The Morgan fingerprint density at radius 1 is 0.905 bits per heavy atom.